The molecule has 3 heteroatoms. The van der Waals surface area contributed by atoms with Gasteiger partial charge in [0.2, 0.25) is 0 Å². The second-order valence-electron chi connectivity index (χ2n) is 5.42. The van der Waals surface area contributed by atoms with Gasteiger partial charge in [-0.25, -0.2) is 0 Å². The Morgan fingerprint density at radius 3 is 2.41 bits per heavy atom. The number of hydrogen-bond acceptors (Lipinski definition) is 2. The molecule has 1 aromatic heterocycles. The number of aryl methyl sites for hydroxylation is 1. The van der Waals surface area contributed by atoms with Crippen molar-refractivity contribution in [3.63, 3.8) is 0 Å². The van der Waals surface area contributed by atoms with Crippen molar-refractivity contribution in [3.8, 4) is 11.3 Å². The van der Waals surface area contributed by atoms with Crippen LogP contribution in [0.15, 0.2) is 24.3 Å². The molecule has 1 aromatic carbocycles. The highest BCUT2D eigenvalue weighted by Gasteiger charge is 2.25. The zero-order chi connectivity index (χ0) is 12.6. The molecule has 0 unspecified atom stereocenters. The maximum atomic E-state index is 5.97. The molecule has 0 saturated heterocycles. The summed E-state index contributed by atoms with van der Waals surface area (Å²) in [5.74, 6) is 0.593. The van der Waals surface area contributed by atoms with E-state index in [-0.39, 0.29) is 5.41 Å². The van der Waals surface area contributed by atoms with Gasteiger partial charge < -0.3 is 5.73 Å². The summed E-state index contributed by atoms with van der Waals surface area (Å²) in [7, 11) is 0. The highest BCUT2D eigenvalue weighted by molar-refractivity contribution is 5.72. The Labute approximate surface area is 102 Å². The zero-order valence-electron chi connectivity index (χ0n) is 10.8. The molecule has 2 aromatic rings. The largest absolute Gasteiger partial charge is 0.382 e. The van der Waals surface area contributed by atoms with Crippen LogP contribution in [0.5, 0.6) is 0 Å². The van der Waals surface area contributed by atoms with Gasteiger partial charge in [-0.15, -0.1) is 0 Å². The fraction of sp³-hybridized carbons (Fsp3) is 0.357. The van der Waals surface area contributed by atoms with E-state index in [1.165, 1.54) is 11.1 Å². The number of benzene rings is 1. The number of rotatable bonds is 1. The van der Waals surface area contributed by atoms with Crippen LogP contribution in [0, 0.1) is 6.92 Å². The van der Waals surface area contributed by atoms with Gasteiger partial charge in [0.15, 0.2) is 0 Å². The van der Waals surface area contributed by atoms with Gasteiger partial charge in [-0.3, -0.25) is 5.10 Å². The van der Waals surface area contributed by atoms with Crippen LogP contribution in [0.1, 0.15) is 31.9 Å². The molecule has 0 amide bonds. The highest BCUT2D eigenvalue weighted by atomic mass is 15.2. The van der Waals surface area contributed by atoms with Crippen molar-refractivity contribution >= 4 is 5.82 Å². The molecule has 0 bridgehead atoms. The molecule has 3 nitrogen and oxygen atoms in total. The van der Waals surface area contributed by atoms with Gasteiger partial charge in [-0.1, -0.05) is 45.0 Å². The number of nitrogen functional groups attached to an aromatic ring is 1. The van der Waals surface area contributed by atoms with Crippen molar-refractivity contribution in [1.82, 2.24) is 10.2 Å². The number of hydrogen-bond donors (Lipinski definition) is 2. The van der Waals surface area contributed by atoms with Crippen LogP contribution < -0.4 is 5.73 Å². The molecule has 17 heavy (non-hydrogen) atoms. The van der Waals surface area contributed by atoms with Crippen molar-refractivity contribution in [2.45, 2.75) is 33.1 Å². The molecule has 1 heterocycles. The third-order valence-corrected chi connectivity index (χ3v) is 2.96. The van der Waals surface area contributed by atoms with Crippen molar-refractivity contribution in [2.75, 3.05) is 5.73 Å². The summed E-state index contributed by atoms with van der Waals surface area (Å²) in [5.41, 5.74) is 10.5. The molecule has 0 saturated carbocycles. The van der Waals surface area contributed by atoms with E-state index in [1.54, 1.807) is 0 Å². The number of nitrogens with one attached hydrogen (secondary N) is 1. The first-order chi connectivity index (χ1) is 7.91. The number of H-pyrrole nitrogens is 1. The molecular formula is C14H19N3. The van der Waals surface area contributed by atoms with Crippen LogP contribution in [0.25, 0.3) is 11.3 Å². The average Bonchev–Trinajstić information content (AvgIpc) is 2.60. The summed E-state index contributed by atoms with van der Waals surface area (Å²) in [4.78, 5) is 0. The molecule has 2 rings (SSSR count). The first-order valence-electron chi connectivity index (χ1n) is 5.81. The SMILES string of the molecule is Cc1ccccc1-c1[nH]nc(N)c1C(C)(C)C. The molecule has 0 aliphatic rings. The predicted octanol–water partition coefficient (Wildman–Crippen LogP) is 3.26. The summed E-state index contributed by atoms with van der Waals surface area (Å²) in [6, 6.07) is 8.26. The Kier molecular flexibility index (Phi) is 2.69. The van der Waals surface area contributed by atoms with Gasteiger partial charge in [0, 0.05) is 11.1 Å². The number of anilines is 1. The van der Waals surface area contributed by atoms with Gasteiger partial charge in [-0.2, -0.15) is 5.10 Å². The maximum absolute atomic E-state index is 5.97. The Morgan fingerprint density at radius 2 is 1.82 bits per heavy atom. The monoisotopic (exact) mass is 229 g/mol. The van der Waals surface area contributed by atoms with Crippen LogP contribution in [0.4, 0.5) is 5.82 Å². The summed E-state index contributed by atoms with van der Waals surface area (Å²) in [5, 5.41) is 7.22. The third-order valence-electron chi connectivity index (χ3n) is 2.96. The van der Waals surface area contributed by atoms with Crippen LogP contribution in [-0.4, -0.2) is 10.2 Å². The number of nitrogens with two attached hydrogens (primary N) is 1. The number of aromatic nitrogens is 2. The topological polar surface area (TPSA) is 54.7 Å². The lowest BCUT2D eigenvalue weighted by Gasteiger charge is -2.20. The predicted molar refractivity (Wildman–Crippen MR) is 71.9 cm³/mol. The van der Waals surface area contributed by atoms with E-state index >= 15 is 0 Å². The Morgan fingerprint density at radius 1 is 1.18 bits per heavy atom. The van der Waals surface area contributed by atoms with Crippen molar-refractivity contribution in [3.05, 3.63) is 35.4 Å². The van der Waals surface area contributed by atoms with E-state index in [0.29, 0.717) is 5.82 Å². The Hall–Kier alpha value is -1.77. The lowest BCUT2D eigenvalue weighted by Crippen LogP contribution is -2.14. The smallest absolute Gasteiger partial charge is 0.149 e. The normalized spacial score (nSPS) is 11.8. The molecule has 90 valence electrons. The Balaban J connectivity index is 2.66. The molecule has 3 N–H and O–H groups in total. The molecule has 0 aliphatic carbocycles. The molecule has 0 fully saturated rings. The van der Waals surface area contributed by atoms with E-state index in [0.717, 1.165) is 11.3 Å². The summed E-state index contributed by atoms with van der Waals surface area (Å²) in [6.07, 6.45) is 0. The third kappa shape index (κ3) is 2.05. The van der Waals surface area contributed by atoms with E-state index in [2.05, 4.69) is 50.0 Å². The summed E-state index contributed by atoms with van der Waals surface area (Å²) < 4.78 is 0. The van der Waals surface area contributed by atoms with Gasteiger partial charge in [0.1, 0.15) is 5.82 Å². The molecular weight excluding hydrogens is 210 g/mol. The van der Waals surface area contributed by atoms with Crippen molar-refractivity contribution in [1.29, 1.82) is 0 Å². The first-order valence-corrected chi connectivity index (χ1v) is 5.81. The Bertz CT molecular complexity index is 533. The van der Waals surface area contributed by atoms with E-state index in [4.69, 9.17) is 5.73 Å². The second kappa shape index (κ2) is 3.91. The lowest BCUT2D eigenvalue weighted by atomic mass is 9.84. The first kappa shape index (κ1) is 11.7. The fourth-order valence-corrected chi connectivity index (χ4v) is 2.16. The molecule has 0 spiro atoms. The second-order valence-corrected chi connectivity index (χ2v) is 5.42. The maximum Gasteiger partial charge on any atom is 0.149 e. The molecule has 0 atom stereocenters. The van der Waals surface area contributed by atoms with Crippen molar-refractivity contribution < 1.29 is 0 Å². The summed E-state index contributed by atoms with van der Waals surface area (Å²) >= 11 is 0. The number of aromatic amines is 1. The average molecular weight is 229 g/mol. The van der Waals surface area contributed by atoms with Crippen LogP contribution in [0.2, 0.25) is 0 Å². The molecule has 0 radical (unpaired) electrons. The minimum absolute atomic E-state index is 0.0191. The minimum Gasteiger partial charge on any atom is -0.382 e. The quantitative estimate of drug-likeness (QED) is 0.788. The van der Waals surface area contributed by atoms with Gasteiger partial charge in [0.05, 0.1) is 5.69 Å². The highest BCUT2D eigenvalue weighted by Crippen LogP contribution is 2.36. The minimum atomic E-state index is -0.0191. The number of nitrogens with zero attached hydrogens (tertiary/aromatic N) is 1. The lowest BCUT2D eigenvalue weighted by molar-refractivity contribution is 0.594. The van der Waals surface area contributed by atoms with Gasteiger partial charge in [-0.05, 0) is 17.9 Å². The molecule has 0 aliphatic heterocycles. The van der Waals surface area contributed by atoms with Crippen LogP contribution in [0.3, 0.4) is 0 Å². The van der Waals surface area contributed by atoms with Crippen LogP contribution in [-0.2, 0) is 5.41 Å². The van der Waals surface area contributed by atoms with E-state index in [9.17, 15) is 0 Å². The van der Waals surface area contributed by atoms with E-state index < -0.39 is 0 Å². The van der Waals surface area contributed by atoms with Crippen molar-refractivity contribution in [2.24, 2.45) is 0 Å². The zero-order valence-corrected chi connectivity index (χ0v) is 10.8. The van der Waals surface area contributed by atoms with E-state index in [1.807, 2.05) is 12.1 Å². The standard InChI is InChI=1S/C14H19N3/c1-9-7-5-6-8-10(9)12-11(14(2,3)4)13(15)17-16-12/h5-8H,1-4H3,(H3,15,16,17). The van der Waals surface area contributed by atoms with Gasteiger partial charge >= 0.3 is 0 Å². The fourth-order valence-electron chi connectivity index (χ4n) is 2.16. The summed E-state index contributed by atoms with van der Waals surface area (Å²) in [6.45, 7) is 8.54. The van der Waals surface area contributed by atoms with Gasteiger partial charge in [0.25, 0.3) is 0 Å². The van der Waals surface area contributed by atoms with Crippen LogP contribution >= 0.6 is 0 Å².